The van der Waals surface area contributed by atoms with Crippen molar-refractivity contribution in [3.8, 4) is 11.3 Å². The third-order valence-electron chi connectivity index (χ3n) is 13.0. The highest BCUT2D eigenvalue weighted by atomic mass is 19.1. The Bertz CT molecular complexity index is 2190. The Hall–Kier alpha value is -4.84. The Morgan fingerprint density at radius 2 is 1.71 bits per heavy atom. The summed E-state index contributed by atoms with van der Waals surface area (Å²) in [5, 5.41) is 6.30. The second-order valence-electron chi connectivity index (χ2n) is 16.9. The number of pyridine rings is 1. The summed E-state index contributed by atoms with van der Waals surface area (Å²) in [5.41, 5.74) is 5.36. The lowest BCUT2D eigenvalue weighted by Crippen LogP contribution is -2.58. The van der Waals surface area contributed by atoms with E-state index in [2.05, 4.69) is 46.4 Å². The predicted molar refractivity (Wildman–Crippen MR) is 211 cm³/mol. The first-order chi connectivity index (χ1) is 26.5. The van der Waals surface area contributed by atoms with Crippen LogP contribution in [-0.2, 0) is 15.0 Å². The Morgan fingerprint density at radius 3 is 2.40 bits per heavy atom. The van der Waals surface area contributed by atoms with E-state index in [9.17, 15) is 14.4 Å². The van der Waals surface area contributed by atoms with Gasteiger partial charge in [-0.1, -0.05) is 18.6 Å². The van der Waals surface area contributed by atoms with Crippen molar-refractivity contribution in [1.82, 2.24) is 29.7 Å². The smallest absolute Gasteiger partial charge is 0.251 e. The van der Waals surface area contributed by atoms with E-state index in [4.69, 9.17) is 9.97 Å². The molecule has 2 saturated heterocycles. The molecule has 2 aromatic heterocycles. The fourth-order valence-corrected chi connectivity index (χ4v) is 9.47. The molecule has 0 bridgehead atoms. The van der Waals surface area contributed by atoms with E-state index in [1.54, 1.807) is 26.2 Å². The molecule has 55 heavy (non-hydrogen) atoms. The second-order valence-corrected chi connectivity index (χ2v) is 16.9. The minimum Gasteiger partial charge on any atom is -0.349 e. The molecule has 2 aliphatic carbocycles. The van der Waals surface area contributed by atoms with Gasteiger partial charge in [-0.3, -0.25) is 14.4 Å². The summed E-state index contributed by atoms with van der Waals surface area (Å²) in [6, 6.07) is 12.0. The van der Waals surface area contributed by atoms with Crippen LogP contribution in [0.5, 0.6) is 0 Å². The number of aryl methyl sites for hydroxylation is 1. The fourth-order valence-electron chi connectivity index (χ4n) is 9.47. The molecule has 0 atom stereocenters. The average molecular weight is 747 g/mol. The van der Waals surface area contributed by atoms with Crippen molar-refractivity contribution in [2.75, 3.05) is 36.4 Å². The standard InChI is InChI=1S/C43H51FN8O3/c1-25(2)51-24-45-37-23-35(47-40(39(37)51)48-36-22-32(26(3)18-34(36)44)41(54)46-29-9-10-29)28-8-11-33-38(19-28)52(31-20-30(21-31)50-14-6-5-7-15-50)42(55)43(33)12-16-49(17-13-43)27(4)53/h8,11,18-19,22-25,29-31H,5-7,9-10,12-17,20-21H2,1-4H3,(H,46,54)(H,47,48)/t30-,31+. The minimum absolute atomic E-state index is 0.0464. The third-order valence-corrected chi connectivity index (χ3v) is 13.0. The highest BCUT2D eigenvalue weighted by Gasteiger charge is 2.55. The quantitative estimate of drug-likeness (QED) is 0.200. The Balaban J connectivity index is 1.10. The van der Waals surface area contributed by atoms with E-state index >= 15 is 4.39 Å². The number of likely N-dealkylation sites (tertiary alicyclic amines) is 2. The average Bonchev–Trinajstić information content (AvgIpc) is 3.81. The number of halogens is 1. The number of rotatable bonds is 8. The molecule has 2 N–H and O–H groups in total. The molecule has 288 valence electrons. The number of hydrogen-bond acceptors (Lipinski definition) is 7. The van der Waals surface area contributed by atoms with Crippen molar-refractivity contribution in [2.45, 2.75) is 115 Å². The molecule has 4 aromatic rings. The zero-order chi connectivity index (χ0) is 38.2. The number of carbonyl (C=O) groups is 3. The molecule has 1 spiro atoms. The summed E-state index contributed by atoms with van der Waals surface area (Å²) in [6.07, 6.45) is 10.6. The number of nitrogens with one attached hydrogen (secondary N) is 2. The van der Waals surface area contributed by atoms with Gasteiger partial charge in [-0.15, -0.1) is 0 Å². The Morgan fingerprint density at radius 1 is 0.964 bits per heavy atom. The summed E-state index contributed by atoms with van der Waals surface area (Å²) < 4.78 is 17.7. The van der Waals surface area contributed by atoms with Crippen LogP contribution in [0.4, 0.5) is 21.6 Å². The van der Waals surface area contributed by atoms with Crippen LogP contribution in [-0.4, -0.2) is 86.4 Å². The molecular formula is C43H51FN8O3. The van der Waals surface area contributed by atoms with E-state index < -0.39 is 11.2 Å². The van der Waals surface area contributed by atoms with Crippen molar-refractivity contribution >= 4 is 45.9 Å². The van der Waals surface area contributed by atoms with Gasteiger partial charge in [0.25, 0.3) is 5.91 Å². The van der Waals surface area contributed by atoms with Crippen LogP contribution >= 0.6 is 0 Å². The fraction of sp³-hybridized carbons (Fsp3) is 0.512. The number of carbonyl (C=O) groups excluding carboxylic acids is 3. The summed E-state index contributed by atoms with van der Waals surface area (Å²) in [7, 11) is 0. The van der Waals surface area contributed by atoms with Crippen molar-refractivity contribution in [2.24, 2.45) is 0 Å². The van der Waals surface area contributed by atoms with Crippen molar-refractivity contribution < 1.29 is 18.8 Å². The lowest BCUT2D eigenvalue weighted by atomic mass is 9.73. The number of aromatic nitrogens is 3. The first-order valence-corrected chi connectivity index (χ1v) is 20.2. The first kappa shape index (κ1) is 35.8. The highest BCUT2D eigenvalue weighted by Crippen LogP contribution is 2.52. The zero-order valence-corrected chi connectivity index (χ0v) is 32.3. The van der Waals surface area contributed by atoms with E-state index in [0.29, 0.717) is 60.1 Å². The summed E-state index contributed by atoms with van der Waals surface area (Å²) >= 11 is 0. The molecule has 0 unspecified atom stereocenters. The van der Waals surface area contributed by atoms with Crippen molar-refractivity contribution in [1.29, 1.82) is 0 Å². The van der Waals surface area contributed by atoms with Gasteiger partial charge < -0.3 is 29.9 Å². The van der Waals surface area contributed by atoms with Gasteiger partial charge in [-0.2, -0.15) is 0 Å². The number of anilines is 3. The van der Waals surface area contributed by atoms with Gasteiger partial charge in [0.2, 0.25) is 11.8 Å². The molecule has 9 rings (SSSR count). The number of nitrogens with zero attached hydrogens (tertiary/aromatic N) is 6. The van der Waals surface area contributed by atoms with Crippen molar-refractivity contribution in [3.63, 3.8) is 0 Å². The van der Waals surface area contributed by atoms with E-state index in [-0.39, 0.29) is 41.5 Å². The summed E-state index contributed by atoms with van der Waals surface area (Å²) in [4.78, 5) is 56.7. The summed E-state index contributed by atoms with van der Waals surface area (Å²) in [5.74, 6) is -0.0572. The topological polar surface area (TPSA) is 116 Å². The number of benzene rings is 2. The number of fused-ring (bicyclic) bond motifs is 3. The molecule has 5 aliphatic rings. The first-order valence-electron chi connectivity index (χ1n) is 20.2. The van der Waals surface area contributed by atoms with E-state index in [1.807, 2.05) is 21.6 Å². The zero-order valence-electron chi connectivity index (χ0n) is 32.3. The normalized spacial score (nSPS) is 22.3. The Kier molecular flexibility index (Phi) is 8.94. The molecule has 3 amide bonds. The highest BCUT2D eigenvalue weighted by molar-refractivity contribution is 6.09. The van der Waals surface area contributed by atoms with Crippen LogP contribution in [0, 0.1) is 12.7 Å². The molecule has 0 radical (unpaired) electrons. The SMILES string of the molecule is CC(=O)N1CCC2(CC1)C(=O)N([C@H]1C[C@@H](N3CCCCC3)C1)c1cc(-c3cc4ncn(C(C)C)c4c(Nc4cc(C(=O)NC5CC5)c(C)cc4F)n3)ccc12. The van der Waals surface area contributed by atoms with Crippen LogP contribution in [0.2, 0.25) is 0 Å². The largest absolute Gasteiger partial charge is 0.349 e. The molecule has 11 nitrogen and oxygen atoms in total. The molecule has 2 aromatic carbocycles. The third kappa shape index (κ3) is 6.26. The second kappa shape index (κ2) is 13.7. The van der Waals surface area contributed by atoms with Gasteiger partial charge in [0, 0.05) is 61.0 Å². The van der Waals surface area contributed by atoms with Gasteiger partial charge in [0.15, 0.2) is 5.82 Å². The van der Waals surface area contributed by atoms with Crippen LogP contribution in [0.1, 0.15) is 106 Å². The Labute approximate surface area is 321 Å². The molecule has 2 saturated carbocycles. The summed E-state index contributed by atoms with van der Waals surface area (Å²) in [6.45, 7) is 10.9. The lowest BCUT2D eigenvalue weighted by molar-refractivity contribution is -0.134. The number of imidazole rings is 1. The maximum absolute atomic E-state index is 15.7. The van der Waals surface area contributed by atoms with Gasteiger partial charge in [-0.05, 0) is 121 Å². The van der Waals surface area contributed by atoms with Crippen LogP contribution in [0.15, 0.2) is 42.7 Å². The maximum Gasteiger partial charge on any atom is 0.251 e. The van der Waals surface area contributed by atoms with Crippen LogP contribution in [0.3, 0.4) is 0 Å². The number of piperidine rings is 2. The number of amides is 3. The van der Waals surface area contributed by atoms with Gasteiger partial charge in [-0.25, -0.2) is 14.4 Å². The molecule has 5 heterocycles. The number of hydrogen-bond donors (Lipinski definition) is 2. The van der Waals surface area contributed by atoms with E-state index in [1.165, 1.54) is 25.3 Å². The van der Waals surface area contributed by atoms with Crippen LogP contribution in [0.25, 0.3) is 22.3 Å². The minimum atomic E-state index is -0.664. The van der Waals surface area contributed by atoms with Gasteiger partial charge >= 0.3 is 0 Å². The molecular weight excluding hydrogens is 696 g/mol. The van der Waals surface area contributed by atoms with E-state index in [0.717, 1.165) is 61.1 Å². The predicted octanol–water partition coefficient (Wildman–Crippen LogP) is 7.01. The van der Waals surface area contributed by atoms with Crippen LogP contribution < -0.4 is 15.5 Å². The molecule has 4 fully saturated rings. The van der Waals surface area contributed by atoms with Gasteiger partial charge in [0.05, 0.1) is 28.6 Å². The molecule has 3 aliphatic heterocycles. The molecule has 12 heteroatoms. The lowest BCUT2D eigenvalue weighted by Gasteiger charge is -2.48. The van der Waals surface area contributed by atoms with Gasteiger partial charge in [0.1, 0.15) is 11.3 Å². The maximum atomic E-state index is 15.7. The van der Waals surface area contributed by atoms with Crippen molar-refractivity contribution in [3.05, 3.63) is 65.2 Å². The monoisotopic (exact) mass is 746 g/mol.